The van der Waals surface area contributed by atoms with E-state index in [9.17, 15) is 9.18 Å². The Kier molecular flexibility index (Phi) is 6.70. The number of aromatic nitrogens is 2. The molecule has 33 heavy (non-hydrogen) atoms. The van der Waals surface area contributed by atoms with Crippen molar-refractivity contribution in [2.75, 3.05) is 37.8 Å². The first kappa shape index (κ1) is 22.9. The molecule has 2 fully saturated rings. The molecule has 2 aliphatic rings. The van der Waals surface area contributed by atoms with Gasteiger partial charge in [0.2, 0.25) is 5.95 Å². The largest absolute Gasteiger partial charge is 0.445 e. The van der Waals surface area contributed by atoms with E-state index in [1.54, 1.807) is 24.5 Å². The van der Waals surface area contributed by atoms with Crippen LogP contribution in [0.2, 0.25) is 0 Å². The van der Waals surface area contributed by atoms with Gasteiger partial charge in [-0.2, -0.15) is 0 Å². The number of benzene rings is 1. The second-order valence-electron chi connectivity index (χ2n) is 8.36. The number of primary amides is 1. The number of oxime groups is 1. The van der Waals surface area contributed by atoms with Gasteiger partial charge in [-0.25, -0.2) is 19.2 Å². The fourth-order valence-corrected chi connectivity index (χ4v) is 3.34. The molecule has 1 aromatic heterocycles. The van der Waals surface area contributed by atoms with Crippen LogP contribution >= 0.6 is 0 Å². The van der Waals surface area contributed by atoms with E-state index in [2.05, 4.69) is 19.9 Å². The zero-order valence-electron chi connectivity index (χ0n) is 18.5. The van der Waals surface area contributed by atoms with E-state index in [1.165, 1.54) is 6.07 Å². The third-order valence-electron chi connectivity index (χ3n) is 5.26. The normalized spacial score (nSPS) is 17.9. The zero-order valence-corrected chi connectivity index (χ0v) is 18.5. The predicted molar refractivity (Wildman–Crippen MR) is 117 cm³/mol. The number of anilines is 1. The average molecular weight is 459 g/mol. The Balaban J connectivity index is 1.28. The van der Waals surface area contributed by atoms with Crippen molar-refractivity contribution in [3.8, 4) is 11.1 Å². The molecule has 10 nitrogen and oxygen atoms in total. The lowest BCUT2D eigenvalue weighted by Gasteiger charge is -2.34. The Hall–Kier alpha value is -3.31. The minimum atomic E-state index is -0.962. The summed E-state index contributed by atoms with van der Waals surface area (Å²) in [6.07, 6.45) is 2.14. The zero-order chi connectivity index (χ0) is 23.4. The average Bonchev–Trinajstić information content (AvgIpc) is 2.76. The molecule has 2 aliphatic heterocycles. The molecule has 11 heteroatoms. The van der Waals surface area contributed by atoms with E-state index in [0.717, 1.165) is 5.71 Å². The van der Waals surface area contributed by atoms with Crippen LogP contribution in [-0.4, -0.2) is 60.5 Å². The number of ether oxygens (including phenoxy) is 3. The van der Waals surface area contributed by atoms with Gasteiger partial charge in [0.05, 0.1) is 32.0 Å². The van der Waals surface area contributed by atoms with Gasteiger partial charge in [0.25, 0.3) is 0 Å². The topological polar surface area (TPSA) is 121 Å². The molecule has 2 aromatic rings. The van der Waals surface area contributed by atoms with Gasteiger partial charge < -0.3 is 29.7 Å². The molecule has 0 spiro atoms. The summed E-state index contributed by atoms with van der Waals surface area (Å²) in [5, 5.41) is 4.17. The Morgan fingerprint density at radius 3 is 2.64 bits per heavy atom. The van der Waals surface area contributed by atoms with Gasteiger partial charge in [-0.3, -0.25) is 0 Å². The van der Waals surface area contributed by atoms with Gasteiger partial charge in [-0.15, -0.1) is 0 Å². The fraction of sp³-hybridized carbons (Fsp3) is 0.455. The van der Waals surface area contributed by atoms with Gasteiger partial charge in [0.1, 0.15) is 19.0 Å². The van der Waals surface area contributed by atoms with Gasteiger partial charge in [-0.1, -0.05) is 23.4 Å². The van der Waals surface area contributed by atoms with E-state index >= 15 is 0 Å². The first-order valence-electron chi connectivity index (χ1n) is 10.5. The summed E-state index contributed by atoms with van der Waals surface area (Å²) in [6.45, 7) is 6.22. The number of hydrogen-bond acceptors (Lipinski definition) is 9. The molecule has 0 radical (unpaired) electrons. The Morgan fingerprint density at radius 1 is 1.27 bits per heavy atom. The Labute approximate surface area is 190 Å². The van der Waals surface area contributed by atoms with E-state index in [-0.39, 0.29) is 18.1 Å². The lowest BCUT2D eigenvalue weighted by atomic mass is 10.1. The third-order valence-corrected chi connectivity index (χ3v) is 5.26. The van der Waals surface area contributed by atoms with Gasteiger partial charge >= 0.3 is 6.09 Å². The van der Waals surface area contributed by atoms with Crippen molar-refractivity contribution in [2.45, 2.75) is 26.2 Å². The second kappa shape index (κ2) is 9.67. The lowest BCUT2D eigenvalue weighted by molar-refractivity contribution is -0.266. The summed E-state index contributed by atoms with van der Waals surface area (Å²) < 4.78 is 30.6. The highest BCUT2D eigenvalue weighted by atomic mass is 19.1. The van der Waals surface area contributed by atoms with E-state index in [1.807, 2.05) is 18.7 Å². The van der Waals surface area contributed by atoms with Crippen LogP contribution in [0.15, 0.2) is 35.7 Å². The van der Waals surface area contributed by atoms with Crippen molar-refractivity contribution in [3.63, 3.8) is 0 Å². The van der Waals surface area contributed by atoms with Crippen LogP contribution in [0.3, 0.4) is 0 Å². The SMILES string of the molecule is CC1(C)OCC(CON=C2CN(c3ncc(-c4cccc(COC(N)=O)c4F)cn3)C2)CO1. The molecule has 0 saturated carbocycles. The first-order valence-corrected chi connectivity index (χ1v) is 10.5. The van der Waals surface area contributed by atoms with Crippen LogP contribution < -0.4 is 10.6 Å². The van der Waals surface area contributed by atoms with Crippen LogP contribution in [0, 0.1) is 11.7 Å². The van der Waals surface area contributed by atoms with Crippen molar-refractivity contribution in [2.24, 2.45) is 16.8 Å². The van der Waals surface area contributed by atoms with Gasteiger partial charge in [0, 0.05) is 35.0 Å². The summed E-state index contributed by atoms with van der Waals surface area (Å²) in [4.78, 5) is 26.8. The molecular formula is C22H26FN5O5. The van der Waals surface area contributed by atoms with Crippen molar-refractivity contribution in [1.29, 1.82) is 0 Å². The smallest absolute Gasteiger partial charge is 0.404 e. The van der Waals surface area contributed by atoms with Crippen molar-refractivity contribution >= 4 is 17.8 Å². The van der Waals surface area contributed by atoms with Crippen LogP contribution in [-0.2, 0) is 25.7 Å². The number of nitrogens with zero attached hydrogens (tertiary/aromatic N) is 4. The second-order valence-corrected chi connectivity index (χ2v) is 8.36. The molecule has 0 unspecified atom stereocenters. The van der Waals surface area contributed by atoms with Crippen molar-refractivity contribution in [1.82, 2.24) is 9.97 Å². The number of carbonyl (C=O) groups excluding carboxylic acids is 1. The Bertz CT molecular complexity index is 1010. The molecule has 0 aliphatic carbocycles. The highest BCUT2D eigenvalue weighted by Gasteiger charge is 2.29. The monoisotopic (exact) mass is 459 g/mol. The molecule has 2 saturated heterocycles. The molecule has 4 rings (SSSR count). The summed E-state index contributed by atoms with van der Waals surface area (Å²) in [6, 6.07) is 4.79. The van der Waals surface area contributed by atoms with Gasteiger partial charge in [0.15, 0.2) is 5.79 Å². The number of amides is 1. The highest BCUT2D eigenvalue weighted by Crippen LogP contribution is 2.26. The number of carbonyl (C=O) groups is 1. The lowest BCUT2D eigenvalue weighted by Crippen LogP contribution is -2.48. The van der Waals surface area contributed by atoms with E-state index in [0.29, 0.717) is 50.0 Å². The number of rotatable bonds is 7. The standard InChI is InChI=1S/C22H26FN5O5/c1-22(2)31-10-14(11-32-22)12-33-27-17-8-28(9-17)21-25-6-16(7-26-21)18-5-3-4-15(19(18)23)13-30-20(24)29/h3-7,14H,8-13H2,1-2H3,(H2,24,29). The van der Waals surface area contributed by atoms with Crippen LogP contribution in [0.5, 0.6) is 0 Å². The van der Waals surface area contributed by atoms with Crippen LogP contribution in [0.1, 0.15) is 19.4 Å². The Morgan fingerprint density at radius 2 is 1.97 bits per heavy atom. The minimum absolute atomic E-state index is 0.149. The quantitative estimate of drug-likeness (QED) is 0.627. The number of halogens is 1. The van der Waals surface area contributed by atoms with Crippen LogP contribution in [0.25, 0.3) is 11.1 Å². The molecule has 1 aromatic carbocycles. The van der Waals surface area contributed by atoms with Crippen molar-refractivity contribution in [3.05, 3.63) is 42.0 Å². The first-order chi connectivity index (χ1) is 15.8. The van der Waals surface area contributed by atoms with Crippen molar-refractivity contribution < 1.29 is 28.2 Å². The number of nitrogens with two attached hydrogens (primary N) is 1. The molecule has 1 amide bonds. The summed E-state index contributed by atoms with van der Waals surface area (Å²) in [5.41, 5.74) is 6.87. The maximum absolute atomic E-state index is 14.7. The maximum atomic E-state index is 14.7. The molecule has 0 atom stereocenters. The maximum Gasteiger partial charge on any atom is 0.404 e. The fourth-order valence-electron chi connectivity index (χ4n) is 3.34. The van der Waals surface area contributed by atoms with Crippen LogP contribution in [0.4, 0.5) is 15.1 Å². The summed E-state index contributed by atoms with van der Waals surface area (Å²) in [7, 11) is 0. The molecular weight excluding hydrogens is 433 g/mol. The molecule has 3 heterocycles. The minimum Gasteiger partial charge on any atom is -0.445 e. The van der Waals surface area contributed by atoms with E-state index in [4.69, 9.17) is 20.0 Å². The molecule has 0 bridgehead atoms. The van der Waals surface area contributed by atoms with Gasteiger partial charge in [-0.05, 0) is 13.8 Å². The molecule has 176 valence electrons. The number of hydrogen-bond donors (Lipinski definition) is 1. The third kappa shape index (κ3) is 5.74. The predicted octanol–water partition coefficient (Wildman–Crippen LogP) is 2.47. The summed E-state index contributed by atoms with van der Waals surface area (Å²) >= 11 is 0. The van der Waals surface area contributed by atoms with E-state index < -0.39 is 17.7 Å². The molecule has 2 N–H and O–H groups in total. The summed E-state index contributed by atoms with van der Waals surface area (Å²) in [5.74, 6) is -0.387. The highest BCUT2D eigenvalue weighted by molar-refractivity contribution is 5.98.